The fourth-order valence-corrected chi connectivity index (χ4v) is 1.59. The molecule has 16 heavy (non-hydrogen) atoms. The molecular formula is C12H15ClN2O. The molecule has 0 saturated carbocycles. The zero-order valence-electron chi connectivity index (χ0n) is 9.62. The summed E-state index contributed by atoms with van der Waals surface area (Å²) in [5.41, 5.74) is 6.15. The summed E-state index contributed by atoms with van der Waals surface area (Å²) in [5.74, 6) is 0.653. The molecule has 0 saturated heterocycles. The first-order chi connectivity index (χ1) is 7.42. The molecule has 1 aromatic carbocycles. The normalized spacial score (nSPS) is 13.0. The molecule has 3 nitrogen and oxygen atoms in total. The summed E-state index contributed by atoms with van der Waals surface area (Å²) in [7, 11) is 1.57. The molecule has 0 aliphatic heterocycles. The van der Waals surface area contributed by atoms with Crippen molar-refractivity contribution in [3.8, 4) is 11.8 Å². The Hall–Kier alpha value is -1.24. The Kier molecular flexibility index (Phi) is 3.79. The molecule has 0 radical (unpaired) electrons. The fourth-order valence-electron chi connectivity index (χ4n) is 1.41. The standard InChI is InChI=1S/C12H15ClN2O/c1-12(2,7-14)11(15)9-6-8(13)4-5-10(9)16-3/h4-6,11H,15H2,1-3H3. The first kappa shape index (κ1) is 12.8. The summed E-state index contributed by atoms with van der Waals surface area (Å²) in [6, 6.07) is 6.98. The van der Waals surface area contributed by atoms with Gasteiger partial charge < -0.3 is 10.5 Å². The van der Waals surface area contributed by atoms with Crippen LogP contribution in [-0.4, -0.2) is 7.11 Å². The molecule has 0 aliphatic carbocycles. The van der Waals surface area contributed by atoms with Crippen molar-refractivity contribution in [2.75, 3.05) is 7.11 Å². The van der Waals surface area contributed by atoms with Gasteiger partial charge in [0.15, 0.2) is 0 Å². The highest BCUT2D eigenvalue weighted by Crippen LogP contribution is 2.36. The molecule has 2 N–H and O–H groups in total. The second-order valence-electron chi connectivity index (χ2n) is 4.20. The smallest absolute Gasteiger partial charge is 0.123 e. The van der Waals surface area contributed by atoms with Gasteiger partial charge >= 0.3 is 0 Å². The Morgan fingerprint density at radius 2 is 2.12 bits per heavy atom. The number of nitriles is 1. The summed E-state index contributed by atoms with van der Waals surface area (Å²) in [5, 5.41) is 9.64. The number of halogens is 1. The molecule has 86 valence electrons. The number of benzene rings is 1. The Balaban J connectivity index is 3.22. The average Bonchev–Trinajstić information content (AvgIpc) is 2.28. The van der Waals surface area contributed by atoms with Crippen LogP contribution in [0.25, 0.3) is 0 Å². The summed E-state index contributed by atoms with van der Waals surface area (Å²) in [6.45, 7) is 3.58. The van der Waals surface area contributed by atoms with Gasteiger partial charge in [-0.15, -0.1) is 0 Å². The van der Waals surface area contributed by atoms with E-state index in [0.717, 1.165) is 5.56 Å². The minimum Gasteiger partial charge on any atom is -0.496 e. The zero-order chi connectivity index (χ0) is 12.3. The summed E-state index contributed by atoms with van der Waals surface area (Å²) in [6.07, 6.45) is 0. The SMILES string of the molecule is COc1ccc(Cl)cc1C(N)C(C)(C)C#N. The van der Waals surface area contributed by atoms with Crippen LogP contribution in [0.5, 0.6) is 5.75 Å². The van der Waals surface area contributed by atoms with Gasteiger partial charge in [-0.3, -0.25) is 0 Å². The summed E-state index contributed by atoms with van der Waals surface area (Å²) >= 11 is 5.92. The summed E-state index contributed by atoms with van der Waals surface area (Å²) < 4.78 is 5.21. The van der Waals surface area contributed by atoms with Crippen molar-refractivity contribution < 1.29 is 4.74 Å². The molecule has 0 heterocycles. The summed E-state index contributed by atoms with van der Waals surface area (Å²) in [4.78, 5) is 0. The number of rotatable bonds is 3. The zero-order valence-corrected chi connectivity index (χ0v) is 10.4. The maximum Gasteiger partial charge on any atom is 0.123 e. The highest BCUT2D eigenvalue weighted by molar-refractivity contribution is 6.30. The lowest BCUT2D eigenvalue weighted by Gasteiger charge is -2.26. The monoisotopic (exact) mass is 238 g/mol. The van der Waals surface area contributed by atoms with Gasteiger partial charge in [-0.2, -0.15) is 5.26 Å². The van der Waals surface area contributed by atoms with Crippen molar-refractivity contribution in [3.63, 3.8) is 0 Å². The van der Waals surface area contributed by atoms with Crippen molar-refractivity contribution >= 4 is 11.6 Å². The van der Waals surface area contributed by atoms with E-state index in [4.69, 9.17) is 27.3 Å². The van der Waals surface area contributed by atoms with E-state index in [9.17, 15) is 0 Å². The van der Waals surface area contributed by atoms with Gasteiger partial charge in [0, 0.05) is 10.6 Å². The van der Waals surface area contributed by atoms with Crippen LogP contribution in [-0.2, 0) is 0 Å². The van der Waals surface area contributed by atoms with Crippen molar-refractivity contribution in [2.45, 2.75) is 19.9 Å². The van der Waals surface area contributed by atoms with E-state index in [1.54, 1.807) is 39.2 Å². The van der Waals surface area contributed by atoms with Crippen molar-refractivity contribution in [1.82, 2.24) is 0 Å². The second-order valence-corrected chi connectivity index (χ2v) is 4.63. The molecular weight excluding hydrogens is 224 g/mol. The minimum atomic E-state index is -0.669. The maximum absolute atomic E-state index is 9.05. The Labute approximate surface area is 101 Å². The second kappa shape index (κ2) is 4.73. The molecule has 1 aromatic rings. The Morgan fingerprint density at radius 3 is 2.62 bits per heavy atom. The first-order valence-electron chi connectivity index (χ1n) is 4.92. The molecule has 0 bridgehead atoms. The number of hydrogen-bond donors (Lipinski definition) is 1. The van der Waals surface area contributed by atoms with Crippen LogP contribution in [0.4, 0.5) is 0 Å². The van der Waals surface area contributed by atoms with Crippen LogP contribution in [0, 0.1) is 16.7 Å². The molecule has 1 atom stereocenters. The van der Waals surface area contributed by atoms with Gasteiger partial charge in [0.25, 0.3) is 0 Å². The van der Waals surface area contributed by atoms with Crippen LogP contribution in [0.15, 0.2) is 18.2 Å². The van der Waals surface area contributed by atoms with Gasteiger partial charge in [-0.05, 0) is 32.0 Å². The van der Waals surface area contributed by atoms with Crippen LogP contribution in [0.2, 0.25) is 5.02 Å². The first-order valence-corrected chi connectivity index (χ1v) is 5.30. The van der Waals surface area contributed by atoms with E-state index in [-0.39, 0.29) is 0 Å². The molecule has 0 aliphatic rings. The number of ether oxygens (including phenoxy) is 1. The third kappa shape index (κ3) is 2.46. The number of nitrogens with zero attached hydrogens (tertiary/aromatic N) is 1. The lowest BCUT2D eigenvalue weighted by Crippen LogP contribution is -2.28. The van der Waals surface area contributed by atoms with Crippen LogP contribution in [0.3, 0.4) is 0 Å². The van der Waals surface area contributed by atoms with Crippen molar-refractivity contribution in [1.29, 1.82) is 5.26 Å². The van der Waals surface area contributed by atoms with Gasteiger partial charge in [0.1, 0.15) is 5.75 Å². The van der Waals surface area contributed by atoms with E-state index in [0.29, 0.717) is 10.8 Å². The van der Waals surface area contributed by atoms with Crippen LogP contribution < -0.4 is 10.5 Å². The fraction of sp³-hybridized carbons (Fsp3) is 0.417. The molecule has 1 rings (SSSR count). The third-order valence-corrected chi connectivity index (χ3v) is 2.83. The third-order valence-electron chi connectivity index (χ3n) is 2.59. The van der Waals surface area contributed by atoms with E-state index < -0.39 is 11.5 Å². The predicted octanol–water partition coefficient (Wildman–Crippen LogP) is 2.90. The number of methoxy groups -OCH3 is 1. The van der Waals surface area contributed by atoms with Crippen molar-refractivity contribution in [3.05, 3.63) is 28.8 Å². The largest absolute Gasteiger partial charge is 0.496 e. The lowest BCUT2D eigenvalue weighted by atomic mass is 9.82. The van der Waals surface area contributed by atoms with Crippen LogP contribution >= 0.6 is 11.6 Å². The van der Waals surface area contributed by atoms with E-state index >= 15 is 0 Å². The molecule has 0 spiro atoms. The highest BCUT2D eigenvalue weighted by atomic mass is 35.5. The molecule has 4 heteroatoms. The maximum atomic E-state index is 9.05. The minimum absolute atomic E-state index is 0.439. The van der Waals surface area contributed by atoms with Gasteiger partial charge in [0.2, 0.25) is 0 Å². The number of hydrogen-bond acceptors (Lipinski definition) is 3. The molecule has 1 unspecified atom stereocenters. The predicted molar refractivity (Wildman–Crippen MR) is 64.3 cm³/mol. The number of nitrogens with two attached hydrogens (primary N) is 1. The van der Waals surface area contributed by atoms with E-state index in [1.165, 1.54) is 0 Å². The van der Waals surface area contributed by atoms with Gasteiger partial charge in [-0.25, -0.2) is 0 Å². The quantitative estimate of drug-likeness (QED) is 0.881. The highest BCUT2D eigenvalue weighted by Gasteiger charge is 2.29. The van der Waals surface area contributed by atoms with Gasteiger partial charge in [0.05, 0.1) is 24.6 Å². The van der Waals surface area contributed by atoms with Crippen molar-refractivity contribution in [2.24, 2.45) is 11.1 Å². The van der Waals surface area contributed by atoms with E-state index in [1.807, 2.05) is 0 Å². The topological polar surface area (TPSA) is 59.0 Å². The Morgan fingerprint density at radius 1 is 1.50 bits per heavy atom. The van der Waals surface area contributed by atoms with E-state index in [2.05, 4.69) is 6.07 Å². The average molecular weight is 239 g/mol. The Bertz CT molecular complexity index is 424. The lowest BCUT2D eigenvalue weighted by molar-refractivity contribution is 0.362. The molecule has 0 aromatic heterocycles. The molecule has 0 amide bonds. The van der Waals surface area contributed by atoms with Gasteiger partial charge in [-0.1, -0.05) is 11.6 Å². The molecule has 0 fully saturated rings. The van der Waals surface area contributed by atoms with Crippen LogP contribution in [0.1, 0.15) is 25.5 Å².